The van der Waals surface area contributed by atoms with Crippen molar-refractivity contribution in [3.63, 3.8) is 0 Å². The second-order valence-electron chi connectivity index (χ2n) is 6.48. The number of rotatable bonds is 3. The number of piperidine rings is 1. The van der Waals surface area contributed by atoms with Gasteiger partial charge in [0.05, 0.1) is 17.6 Å². The van der Waals surface area contributed by atoms with Crippen molar-refractivity contribution in [2.45, 2.75) is 33.1 Å². The molecule has 0 aromatic carbocycles. The van der Waals surface area contributed by atoms with E-state index < -0.39 is 0 Å². The molecule has 1 unspecified atom stereocenters. The normalized spacial score (nSPS) is 18.2. The van der Waals surface area contributed by atoms with Crippen LogP contribution in [0.5, 0.6) is 0 Å². The van der Waals surface area contributed by atoms with Crippen molar-refractivity contribution in [2.24, 2.45) is 13.0 Å². The number of aromatic nitrogens is 3. The lowest BCUT2D eigenvalue weighted by molar-refractivity contribution is -0.130. The molecule has 1 atom stereocenters. The minimum absolute atomic E-state index is 0.190. The smallest absolute Gasteiger partial charge is 0.219 e. The van der Waals surface area contributed by atoms with Crippen molar-refractivity contribution in [3.05, 3.63) is 35.9 Å². The first-order chi connectivity index (χ1) is 11.0. The Bertz CT molecular complexity index is 707. The number of aryl methyl sites for hydroxylation is 1. The molecule has 0 bridgehead atoms. The lowest BCUT2D eigenvalue weighted by Gasteiger charge is -2.32. The molecule has 3 rings (SSSR count). The number of likely N-dealkylation sites (tertiary alicyclic amines) is 1. The first-order valence-electron chi connectivity index (χ1n) is 8.23. The molecule has 5 heteroatoms. The van der Waals surface area contributed by atoms with Crippen LogP contribution in [-0.4, -0.2) is 38.4 Å². The van der Waals surface area contributed by atoms with Gasteiger partial charge in [0.1, 0.15) is 5.82 Å². The summed E-state index contributed by atoms with van der Waals surface area (Å²) in [7, 11) is 2.01. The Kier molecular flexibility index (Phi) is 4.46. The van der Waals surface area contributed by atoms with Crippen molar-refractivity contribution < 1.29 is 4.79 Å². The van der Waals surface area contributed by atoms with Crippen molar-refractivity contribution in [3.8, 4) is 11.4 Å². The van der Waals surface area contributed by atoms with E-state index in [1.54, 1.807) is 6.92 Å². The van der Waals surface area contributed by atoms with Gasteiger partial charge in [-0.1, -0.05) is 0 Å². The number of hydrogen-bond donors (Lipinski definition) is 0. The van der Waals surface area contributed by atoms with Crippen LogP contribution in [0.15, 0.2) is 24.5 Å². The third kappa shape index (κ3) is 3.44. The van der Waals surface area contributed by atoms with Gasteiger partial charge in [0.15, 0.2) is 0 Å². The predicted molar refractivity (Wildman–Crippen MR) is 89.9 cm³/mol. The molecule has 0 N–H and O–H groups in total. The second kappa shape index (κ2) is 6.52. The number of carbonyl (C=O) groups is 1. The van der Waals surface area contributed by atoms with Gasteiger partial charge in [0.2, 0.25) is 5.91 Å². The first kappa shape index (κ1) is 15.7. The highest BCUT2D eigenvalue weighted by molar-refractivity contribution is 5.73. The third-order valence-corrected chi connectivity index (χ3v) is 4.80. The molecule has 0 aliphatic carbocycles. The van der Waals surface area contributed by atoms with Crippen LogP contribution in [0.25, 0.3) is 11.4 Å². The average Bonchev–Trinajstić information content (AvgIpc) is 2.87. The zero-order valence-corrected chi connectivity index (χ0v) is 14.1. The number of pyridine rings is 1. The molecule has 5 nitrogen and oxygen atoms in total. The minimum Gasteiger partial charge on any atom is -0.343 e. The summed E-state index contributed by atoms with van der Waals surface area (Å²) in [6.45, 7) is 5.43. The highest BCUT2D eigenvalue weighted by atomic mass is 16.2. The number of nitrogens with zero attached hydrogens (tertiary/aromatic N) is 4. The Morgan fingerprint density at radius 1 is 1.39 bits per heavy atom. The molecule has 122 valence electrons. The van der Waals surface area contributed by atoms with E-state index in [0.717, 1.165) is 43.1 Å². The Balaban J connectivity index is 1.75. The lowest BCUT2D eigenvalue weighted by atomic mass is 9.91. The Labute approximate surface area is 137 Å². The number of imidazole rings is 1. The number of hydrogen-bond acceptors (Lipinski definition) is 3. The van der Waals surface area contributed by atoms with Crippen LogP contribution in [0.1, 0.15) is 31.2 Å². The highest BCUT2D eigenvalue weighted by Gasteiger charge is 2.22. The zero-order valence-electron chi connectivity index (χ0n) is 14.1. The molecule has 23 heavy (non-hydrogen) atoms. The Morgan fingerprint density at radius 2 is 2.22 bits per heavy atom. The summed E-state index contributed by atoms with van der Waals surface area (Å²) in [5.41, 5.74) is 3.28. The third-order valence-electron chi connectivity index (χ3n) is 4.80. The molecule has 1 fully saturated rings. The number of carbonyl (C=O) groups excluding carboxylic acids is 1. The van der Waals surface area contributed by atoms with Gasteiger partial charge < -0.3 is 9.47 Å². The largest absolute Gasteiger partial charge is 0.343 e. The van der Waals surface area contributed by atoms with E-state index in [0.29, 0.717) is 5.92 Å². The van der Waals surface area contributed by atoms with Crippen LogP contribution >= 0.6 is 0 Å². The number of amides is 1. The molecule has 0 spiro atoms. The first-order valence-corrected chi connectivity index (χ1v) is 8.23. The molecule has 0 saturated carbocycles. The lowest BCUT2D eigenvalue weighted by Crippen LogP contribution is -2.39. The summed E-state index contributed by atoms with van der Waals surface area (Å²) in [6.07, 6.45) is 7.03. The molecule has 1 aliphatic rings. The summed E-state index contributed by atoms with van der Waals surface area (Å²) in [5.74, 6) is 1.71. The van der Waals surface area contributed by atoms with Crippen LogP contribution in [0.3, 0.4) is 0 Å². The monoisotopic (exact) mass is 312 g/mol. The standard InChI is InChI=1S/C18H24N4O/c1-13-20-11-18(21(13)3)17-10-15(6-7-19-17)9-16-5-4-8-22(12-16)14(2)23/h6-7,10-11,16H,4-5,8-9,12H2,1-3H3. The van der Waals surface area contributed by atoms with Crippen LogP contribution in [0.2, 0.25) is 0 Å². The minimum atomic E-state index is 0.190. The average molecular weight is 312 g/mol. The van der Waals surface area contributed by atoms with E-state index in [-0.39, 0.29) is 5.91 Å². The van der Waals surface area contributed by atoms with Gasteiger partial charge in [-0.3, -0.25) is 9.78 Å². The van der Waals surface area contributed by atoms with Crippen LogP contribution in [0.4, 0.5) is 0 Å². The molecular weight excluding hydrogens is 288 g/mol. The zero-order chi connectivity index (χ0) is 16.4. The maximum Gasteiger partial charge on any atom is 0.219 e. The van der Waals surface area contributed by atoms with Gasteiger partial charge in [-0.15, -0.1) is 0 Å². The van der Waals surface area contributed by atoms with Crippen LogP contribution < -0.4 is 0 Å². The molecule has 1 saturated heterocycles. The van der Waals surface area contributed by atoms with Crippen LogP contribution in [-0.2, 0) is 18.3 Å². The second-order valence-corrected chi connectivity index (χ2v) is 6.48. The summed E-state index contributed by atoms with van der Waals surface area (Å²) < 4.78 is 2.06. The topological polar surface area (TPSA) is 51.0 Å². The molecular formula is C18H24N4O. The summed E-state index contributed by atoms with van der Waals surface area (Å²) in [6, 6.07) is 4.24. The molecule has 2 aromatic rings. The van der Waals surface area contributed by atoms with E-state index >= 15 is 0 Å². The molecule has 1 amide bonds. The van der Waals surface area contributed by atoms with E-state index in [2.05, 4.69) is 26.7 Å². The van der Waals surface area contributed by atoms with Gasteiger partial charge in [0, 0.05) is 33.3 Å². The fraction of sp³-hybridized carbons (Fsp3) is 0.500. The Hall–Kier alpha value is -2.17. The van der Waals surface area contributed by atoms with Crippen molar-refractivity contribution in [1.82, 2.24) is 19.4 Å². The maximum atomic E-state index is 11.6. The van der Waals surface area contributed by atoms with Gasteiger partial charge >= 0.3 is 0 Å². The van der Waals surface area contributed by atoms with Gasteiger partial charge in [-0.25, -0.2) is 4.98 Å². The van der Waals surface area contributed by atoms with E-state index in [1.165, 1.54) is 12.0 Å². The molecule has 0 radical (unpaired) electrons. The highest BCUT2D eigenvalue weighted by Crippen LogP contribution is 2.23. The summed E-state index contributed by atoms with van der Waals surface area (Å²) in [5, 5.41) is 0. The molecule has 1 aliphatic heterocycles. The Morgan fingerprint density at radius 3 is 2.91 bits per heavy atom. The van der Waals surface area contributed by atoms with Gasteiger partial charge in [-0.05, 0) is 49.8 Å². The molecule has 3 heterocycles. The quantitative estimate of drug-likeness (QED) is 0.875. The van der Waals surface area contributed by atoms with E-state index in [9.17, 15) is 4.79 Å². The summed E-state index contributed by atoms with van der Waals surface area (Å²) in [4.78, 5) is 22.4. The maximum absolute atomic E-state index is 11.6. The predicted octanol–water partition coefficient (Wildman–Crippen LogP) is 2.59. The SMILES string of the molecule is CC(=O)N1CCCC(Cc2ccnc(-c3cnc(C)n3C)c2)C1. The van der Waals surface area contributed by atoms with Crippen LogP contribution in [0, 0.1) is 12.8 Å². The van der Waals surface area contributed by atoms with Gasteiger partial charge in [0.25, 0.3) is 0 Å². The van der Waals surface area contributed by atoms with E-state index in [1.807, 2.05) is 31.3 Å². The van der Waals surface area contributed by atoms with Crippen molar-refractivity contribution in [2.75, 3.05) is 13.1 Å². The van der Waals surface area contributed by atoms with E-state index in [4.69, 9.17) is 0 Å². The van der Waals surface area contributed by atoms with Crippen molar-refractivity contribution in [1.29, 1.82) is 0 Å². The fourth-order valence-corrected chi connectivity index (χ4v) is 3.33. The van der Waals surface area contributed by atoms with Crippen molar-refractivity contribution >= 4 is 5.91 Å². The molecule has 2 aromatic heterocycles. The van der Waals surface area contributed by atoms with Gasteiger partial charge in [-0.2, -0.15) is 0 Å². The summed E-state index contributed by atoms with van der Waals surface area (Å²) >= 11 is 0. The fourth-order valence-electron chi connectivity index (χ4n) is 3.33.